The molecule has 0 radical (unpaired) electrons. The molecule has 1 rings (SSSR count). The van der Waals surface area contributed by atoms with Crippen molar-refractivity contribution in [2.75, 3.05) is 19.0 Å². The summed E-state index contributed by atoms with van der Waals surface area (Å²) in [5.41, 5.74) is 2.06. The summed E-state index contributed by atoms with van der Waals surface area (Å²) in [6.45, 7) is 1.41. The van der Waals surface area contributed by atoms with Gasteiger partial charge in [0.15, 0.2) is 5.78 Å². The van der Waals surface area contributed by atoms with Crippen LogP contribution in [-0.2, 0) is 9.59 Å². The van der Waals surface area contributed by atoms with Crippen molar-refractivity contribution >= 4 is 23.3 Å². The molecule has 0 aromatic heterocycles. The molecule has 0 aliphatic heterocycles. The first-order chi connectivity index (χ1) is 7.99. The Bertz CT molecular complexity index is 430. The number of Topliss-reactive ketones (excluding diaryl/α,β-unsaturated/α-hetero) is 1. The molecule has 0 aliphatic rings. The standard InChI is InChI=1S/C14H17NO2/c1-11(16)10-14(17)9-6-12-4-7-13(8-5-12)15(2)3/h4-9H,10H2,1-3H3/b9-6+. The van der Waals surface area contributed by atoms with Crippen molar-refractivity contribution in [2.24, 2.45) is 0 Å². The number of rotatable bonds is 5. The van der Waals surface area contributed by atoms with Crippen LogP contribution in [0.25, 0.3) is 6.08 Å². The molecule has 1 aromatic carbocycles. The summed E-state index contributed by atoms with van der Waals surface area (Å²) >= 11 is 0. The molecule has 1 aromatic rings. The van der Waals surface area contributed by atoms with Crippen LogP contribution in [0.5, 0.6) is 0 Å². The van der Waals surface area contributed by atoms with Crippen LogP contribution in [0.4, 0.5) is 5.69 Å². The summed E-state index contributed by atoms with van der Waals surface area (Å²) in [5.74, 6) is -0.267. The molecule has 0 N–H and O–H groups in total. The van der Waals surface area contributed by atoms with Gasteiger partial charge in [0.1, 0.15) is 5.78 Å². The highest BCUT2D eigenvalue weighted by Crippen LogP contribution is 2.13. The van der Waals surface area contributed by atoms with Crippen LogP contribution in [0, 0.1) is 0 Å². The van der Waals surface area contributed by atoms with E-state index >= 15 is 0 Å². The first kappa shape index (κ1) is 13.2. The maximum atomic E-state index is 11.3. The van der Waals surface area contributed by atoms with Crippen molar-refractivity contribution in [1.82, 2.24) is 0 Å². The Morgan fingerprint density at radius 2 is 1.76 bits per heavy atom. The molecule has 3 heteroatoms. The van der Waals surface area contributed by atoms with Gasteiger partial charge in [0.2, 0.25) is 0 Å². The number of carbonyl (C=O) groups is 2. The van der Waals surface area contributed by atoms with Gasteiger partial charge in [-0.2, -0.15) is 0 Å². The molecule has 0 bridgehead atoms. The van der Waals surface area contributed by atoms with Crippen molar-refractivity contribution in [3.63, 3.8) is 0 Å². The van der Waals surface area contributed by atoms with Gasteiger partial charge in [-0.3, -0.25) is 9.59 Å². The van der Waals surface area contributed by atoms with Gasteiger partial charge in [0, 0.05) is 19.8 Å². The lowest BCUT2D eigenvalue weighted by Crippen LogP contribution is -2.07. The van der Waals surface area contributed by atoms with E-state index in [4.69, 9.17) is 0 Å². The Labute approximate surface area is 102 Å². The number of hydrogen-bond acceptors (Lipinski definition) is 3. The Morgan fingerprint density at radius 1 is 1.18 bits per heavy atom. The average Bonchev–Trinajstić information content (AvgIpc) is 2.26. The zero-order valence-corrected chi connectivity index (χ0v) is 10.4. The van der Waals surface area contributed by atoms with E-state index in [1.807, 2.05) is 43.3 Å². The fourth-order valence-corrected chi connectivity index (χ4v) is 1.38. The molecule has 0 unspecified atom stereocenters. The topological polar surface area (TPSA) is 37.4 Å². The summed E-state index contributed by atoms with van der Waals surface area (Å²) < 4.78 is 0. The van der Waals surface area contributed by atoms with Crippen LogP contribution in [-0.4, -0.2) is 25.7 Å². The number of hydrogen-bond donors (Lipinski definition) is 0. The minimum Gasteiger partial charge on any atom is -0.378 e. The van der Waals surface area contributed by atoms with Crippen LogP contribution >= 0.6 is 0 Å². The molecule has 0 aliphatic carbocycles. The molecule has 0 heterocycles. The maximum absolute atomic E-state index is 11.3. The maximum Gasteiger partial charge on any atom is 0.163 e. The second-order valence-electron chi connectivity index (χ2n) is 4.16. The predicted molar refractivity (Wildman–Crippen MR) is 70.1 cm³/mol. The fraction of sp³-hybridized carbons (Fsp3) is 0.286. The quantitative estimate of drug-likeness (QED) is 0.576. The first-order valence-corrected chi connectivity index (χ1v) is 5.47. The van der Waals surface area contributed by atoms with Gasteiger partial charge < -0.3 is 4.90 Å². The van der Waals surface area contributed by atoms with E-state index in [0.29, 0.717) is 0 Å². The second-order valence-corrected chi connectivity index (χ2v) is 4.16. The van der Waals surface area contributed by atoms with E-state index < -0.39 is 0 Å². The summed E-state index contributed by atoms with van der Waals surface area (Å²) in [4.78, 5) is 24.0. The monoisotopic (exact) mass is 231 g/mol. The van der Waals surface area contributed by atoms with Crippen LogP contribution in [0.15, 0.2) is 30.3 Å². The van der Waals surface area contributed by atoms with Crippen molar-refractivity contribution in [3.8, 4) is 0 Å². The van der Waals surface area contributed by atoms with Gasteiger partial charge in [-0.25, -0.2) is 0 Å². The van der Waals surface area contributed by atoms with Gasteiger partial charge >= 0.3 is 0 Å². The van der Waals surface area contributed by atoms with Gasteiger partial charge in [-0.1, -0.05) is 18.2 Å². The van der Waals surface area contributed by atoms with Crippen molar-refractivity contribution in [2.45, 2.75) is 13.3 Å². The van der Waals surface area contributed by atoms with Gasteiger partial charge in [-0.15, -0.1) is 0 Å². The lowest BCUT2D eigenvalue weighted by molar-refractivity contribution is -0.123. The third kappa shape index (κ3) is 4.64. The van der Waals surface area contributed by atoms with E-state index in [0.717, 1.165) is 11.3 Å². The summed E-state index contributed by atoms with van der Waals surface area (Å²) in [6, 6.07) is 7.84. The molecule has 3 nitrogen and oxygen atoms in total. The molecule has 0 atom stereocenters. The van der Waals surface area contributed by atoms with E-state index in [-0.39, 0.29) is 18.0 Å². The lowest BCUT2D eigenvalue weighted by atomic mass is 10.1. The molecule has 90 valence electrons. The molecular formula is C14H17NO2. The number of benzene rings is 1. The zero-order chi connectivity index (χ0) is 12.8. The Balaban J connectivity index is 2.66. The van der Waals surface area contributed by atoms with E-state index in [9.17, 15) is 9.59 Å². The van der Waals surface area contributed by atoms with Gasteiger partial charge in [0.25, 0.3) is 0 Å². The van der Waals surface area contributed by atoms with Gasteiger partial charge in [0.05, 0.1) is 6.42 Å². The normalized spacial score (nSPS) is 10.5. The van der Waals surface area contributed by atoms with Crippen LogP contribution in [0.1, 0.15) is 18.9 Å². The molecule has 0 amide bonds. The van der Waals surface area contributed by atoms with E-state index in [1.54, 1.807) is 6.08 Å². The predicted octanol–water partition coefficient (Wildman–Crippen LogP) is 2.31. The summed E-state index contributed by atoms with van der Waals surface area (Å²) in [7, 11) is 3.95. The Hall–Kier alpha value is -1.90. The Morgan fingerprint density at radius 3 is 2.24 bits per heavy atom. The SMILES string of the molecule is CC(=O)CC(=O)/C=C/c1ccc(N(C)C)cc1. The third-order valence-corrected chi connectivity index (χ3v) is 2.29. The van der Waals surface area contributed by atoms with Crippen LogP contribution < -0.4 is 4.90 Å². The smallest absolute Gasteiger partial charge is 0.163 e. The van der Waals surface area contributed by atoms with Gasteiger partial charge in [-0.05, 0) is 30.7 Å². The molecule has 17 heavy (non-hydrogen) atoms. The summed E-state index contributed by atoms with van der Waals surface area (Å²) in [6.07, 6.45) is 3.16. The second kappa shape index (κ2) is 5.99. The number of carbonyl (C=O) groups excluding carboxylic acids is 2. The highest BCUT2D eigenvalue weighted by Gasteiger charge is 2.00. The van der Waals surface area contributed by atoms with Crippen LogP contribution in [0.3, 0.4) is 0 Å². The van der Waals surface area contributed by atoms with Crippen molar-refractivity contribution < 1.29 is 9.59 Å². The largest absolute Gasteiger partial charge is 0.378 e. The molecule has 0 saturated heterocycles. The lowest BCUT2D eigenvalue weighted by Gasteiger charge is -2.11. The van der Waals surface area contributed by atoms with Crippen LogP contribution in [0.2, 0.25) is 0 Å². The number of nitrogens with zero attached hydrogens (tertiary/aromatic N) is 1. The van der Waals surface area contributed by atoms with E-state index in [2.05, 4.69) is 0 Å². The molecule has 0 fully saturated rings. The number of ketones is 2. The minimum absolute atomic E-state index is 0.0215. The average molecular weight is 231 g/mol. The highest BCUT2D eigenvalue weighted by atomic mass is 16.1. The number of anilines is 1. The molecular weight excluding hydrogens is 214 g/mol. The Kier molecular flexibility index (Phi) is 4.64. The first-order valence-electron chi connectivity index (χ1n) is 5.47. The third-order valence-electron chi connectivity index (χ3n) is 2.29. The molecule has 0 saturated carbocycles. The highest BCUT2D eigenvalue weighted by molar-refractivity contribution is 6.05. The number of allylic oxidation sites excluding steroid dienone is 1. The molecule has 0 spiro atoms. The van der Waals surface area contributed by atoms with Crippen molar-refractivity contribution in [1.29, 1.82) is 0 Å². The summed E-state index contributed by atoms with van der Waals surface area (Å²) in [5, 5.41) is 0. The minimum atomic E-state index is -0.158. The van der Waals surface area contributed by atoms with E-state index in [1.165, 1.54) is 13.0 Å². The van der Waals surface area contributed by atoms with Crippen molar-refractivity contribution in [3.05, 3.63) is 35.9 Å². The zero-order valence-electron chi connectivity index (χ0n) is 10.4. The fourth-order valence-electron chi connectivity index (χ4n) is 1.38.